The molecule has 1 fully saturated rings. The maximum atomic E-state index is 12.7. The molecule has 6 heteroatoms. The highest BCUT2D eigenvalue weighted by Crippen LogP contribution is 2.39. The minimum absolute atomic E-state index is 0.235. The lowest BCUT2D eigenvalue weighted by Gasteiger charge is -2.30. The van der Waals surface area contributed by atoms with Gasteiger partial charge in [0.25, 0.3) is 5.91 Å². The molecule has 1 N–H and O–H groups in total. The van der Waals surface area contributed by atoms with Crippen molar-refractivity contribution in [1.82, 2.24) is 10.3 Å². The first-order chi connectivity index (χ1) is 10.6. The van der Waals surface area contributed by atoms with Crippen LogP contribution in [-0.2, 0) is 9.59 Å². The van der Waals surface area contributed by atoms with Crippen LogP contribution in [0.3, 0.4) is 0 Å². The minimum atomic E-state index is -0.663. The van der Waals surface area contributed by atoms with E-state index in [9.17, 15) is 14.4 Å². The molecule has 6 nitrogen and oxygen atoms in total. The van der Waals surface area contributed by atoms with Crippen LogP contribution in [-0.4, -0.2) is 28.7 Å². The predicted octanol–water partition coefficient (Wildman–Crippen LogP) is 1.31. The molecule has 2 aromatic rings. The van der Waals surface area contributed by atoms with Crippen LogP contribution in [0.15, 0.2) is 24.4 Å². The molecule has 0 aliphatic carbocycles. The topological polar surface area (TPSA) is 79.4 Å². The van der Waals surface area contributed by atoms with Gasteiger partial charge >= 0.3 is 0 Å². The molecule has 110 valence electrons. The summed E-state index contributed by atoms with van der Waals surface area (Å²) in [6, 6.07) is 5.08. The summed E-state index contributed by atoms with van der Waals surface area (Å²) in [5, 5.41) is 4.02. The van der Waals surface area contributed by atoms with Gasteiger partial charge in [-0.1, -0.05) is 6.07 Å². The van der Waals surface area contributed by atoms with Crippen molar-refractivity contribution in [2.75, 3.05) is 4.90 Å². The van der Waals surface area contributed by atoms with Crippen LogP contribution in [0, 0.1) is 6.92 Å². The summed E-state index contributed by atoms with van der Waals surface area (Å²) in [6.45, 7) is 1.95. The van der Waals surface area contributed by atoms with Gasteiger partial charge in [-0.2, -0.15) is 0 Å². The highest BCUT2D eigenvalue weighted by atomic mass is 16.2. The number of piperidine rings is 1. The average Bonchev–Trinajstić information content (AvgIpc) is 2.74. The Morgan fingerprint density at radius 3 is 2.86 bits per heavy atom. The minimum Gasteiger partial charge on any atom is -0.295 e. The number of amides is 3. The number of nitrogens with zero attached hydrogens (tertiary/aromatic N) is 2. The molecule has 22 heavy (non-hydrogen) atoms. The Kier molecular flexibility index (Phi) is 2.57. The molecular weight excluding hydrogens is 282 g/mol. The number of anilines is 1. The van der Waals surface area contributed by atoms with Crippen molar-refractivity contribution in [2.45, 2.75) is 25.8 Å². The van der Waals surface area contributed by atoms with E-state index in [2.05, 4.69) is 10.3 Å². The van der Waals surface area contributed by atoms with Crippen molar-refractivity contribution in [3.63, 3.8) is 0 Å². The summed E-state index contributed by atoms with van der Waals surface area (Å²) in [5.74, 6) is -0.995. The molecule has 0 radical (unpaired) electrons. The smallest absolute Gasteiger partial charge is 0.278 e. The Bertz CT molecular complexity index is 859. The highest BCUT2D eigenvalue weighted by molar-refractivity contribution is 6.26. The third-order valence-electron chi connectivity index (χ3n) is 4.19. The summed E-state index contributed by atoms with van der Waals surface area (Å²) in [4.78, 5) is 41.9. The molecule has 4 rings (SSSR count). The lowest BCUT2D eigenvalue weighted by atomic mass is 10.0. The second kappa shape index (κ2) is 4.37. The third-order valence-corrected chi connectivity index (χ3v) is 4.19. The zero-order valence-corrected chi connectivity index (χ0v) is 11.9. The van der Waals surface area contributed by atoms with Gasteiger partial charge in [0, 0.05) is 18.0 Å². The Morgan fingerprint density at radius 2 is 2.09 bits per heavy atom. The van der Waals surface area contributed by atoms with E-state index in [0.29, 0.717) is 17.8 Å². The number of hydrogen-bond donors (Lipinski definition) is 1. The van der Waals surface area contributed by atoms with Crippen LogP contribution < -0.4 is 10.2 Å². The van der Waals surface area contributed by atoms with Crippen LogP contribution in [0.5, 0.6) is 0 Å². The molecule has 3 heterocycles. The van der Waals surface area contributed by atoms with E-state index < -0.39 is 11.9 Å². The largest absolute Gasteiger partial charge is 0.295 e. The Balaban J connectivity index is 1.89. The molecule has 2 aliphatic heterocycles. The van der Waals surface area contributed by atoms with E-state index in [1.807, 2.05) is 25.1 Å². The van der Waals surface area contributed by atoms with Crippen LogP contribution in [0.1, 0.15) is 28.9 Å². The summed E-state index contributed by atoms with van der Waals surface area (Å²) in [6.07, 6.45) is 2.17. The zero-order chi connectivity index (χ0) is 15.4. The molecule has 0 spiro atoms. The Labute approximate surface area is 126 Å². The van der Waals surface area contributed by atoms with E-state index in [-0.39, 0.29) is 18.2 Å². The standard InChI is InChI=1S/C16H13N3O3/c1-8-6-9-4-5-17-14-13(9)11(7-8)19(16(14)22)10-2-3-12(20)18-15(10)21/h4-7,10H,2-3H2,1H3,(H,18,20,21). The van der Waals surface area contributed by atoms with Crippen molar-refractivity contribution in [1.29, 1.82) is 0 Å². The molecule has 1 aromatic heterocycles. The van der Waals surface area contributed by atoms with Gasteiger partial charge in [-0.15, -0.1) is 0 Å². The van der Waals surface area contributed by atoms with Crippen molar-refractivity contribution in [2.24, 2.45) is 0 Å². The fourth-order valence-corrected chi connectivity index (χ4v) is 3.25. The number of rotatable bonds is 1. The maximum absolute atomic E-state index is 12.7. The number of aromatic nitrogens is 1. The first kappa shape index (κ1) is 12.9. The fourth-order valence-electron chi connectivity index (χ4n) is 3.25. The highest BCUT2D eigenvalue weighted by Gasteiger charge is 2.41. The average molecular weight is 295 g/mol. The number of carbonyl (C=O) groups is 3. The SMILES string of the molecule is Cc1cc2c3c(nccc3c1)C(=O)N2C1CCC(=O)NC1=O. The third kappa shape index (κ3) is 1.67. The van der Waals surface area contributed by atoms with Crippen molar-refractivity contribution in [3.05, 3.63) is 35.7 Å². The van der Waals surface area contributed by atoms with Gasteiger partial charge in [0.05, 0.1) is 5.69 Å². The first-order valence-electron chi connectivity index (χ1n) is 7.13. The van der Waals surface area contributed by atoms with Crippen molar-refractivity contribution < 1.29 is 14.4 Å². The van der Waals surface area contributed by atoms with E-state index in [1.54, 1.807) is 6.20 Å². The van der Waals surface area contributed by atoms with Gasteiger partial charge in [-0.25, -0.2) is 0 Å². The van der Waals surface area contributed by atoms with E-state index >= 15 is 0 Å². The van der Waals surface area contributed by atoms with Crippen molar-refractivity contribution >= 4 is 34.2 Å². The Morgan fingerprint density at radius 1 is 1.27 bits per heavy atom. The fraction of sp³-hybridized carbons (Fsp3) is 0.250. The maximum Gasteiger partial charge on any atom is 0.278 e. The van der Waals surface area contributed by atoms with E-state index in [0.717, 1.165) is 16.3 Å². The van der Waals surface area contributed by atoms with Crippen molar-refractivity contribution in [3.8, 4) is 0 Å². The van der Waals surface area contributed by atoms with Gasteiger partial charge in [-0.05, 0) is 36.4 Å². The van der Waals surface area contributed by atoms with Gasteiger partial charge < -0.3 is 0 Å². The van der Waals surface area contributed by atoms with Crippen LogP contribution in [0.4, 0.5) is 5.69 Å². The molecular formula is C16H13N3O3. The number of imide groups is 1. The van der Waals surface area contributed by atoms with Crippen LogP contribution in [0.25, 0.3) is 10.8 Å². The van der Waals surface area contributed by atoms with Gasteiger partial charge in [0.1, 0.15) is 11.7 Å². The van der Waals surface area contributed by atoms with Gasteiger partial charge in [0.2, 0.25) is 11.8 Å². The van der Waals surface area contributed by atoms with E-state index in [4.69, 9.17) is 0 Å². The molecule has 1 unspecified atom stereocenters. The summed E-state index contributed by atoms with van der Waals surface area (Å²) in [5.41, 5.74) is 2.08. The van der Waals surface area contributed by atoms with E-state index in [1.165, 1.54) is 4.90 Å². The molecule has 0 bridgehead atoms. The molecule has 1 atom stereocenters. The number of hydrogen-bond acceptors (Lipinski definition) is 4. The van der Waals surface area contributed by atoms with Gasteiger partial charge in [-0.3, -0.25) is 29.6 Å². The first-order valence-corrected chi connectivity index (χ1v) is 7.13. The predicted molar refractivity (Wildman–Crippen MR) is 79.5 cm³/mol. The number of carbonyl (C=O) groups excluding carboxylic acids is 3. The molecule has 1 saturated heterocycles. The van der Waals surface area contributed by atoms with Gasteiger partial charge in [0.15, 0.2) is 0 Å². The van der Waals surface area contributed by atoms with Crippen LogP contribution in [0.2, 0.25) is 0 Å². The number of benzene rings is 1. The second-order valence-corrected chi connectivity index (χ2v) is 5.68. The Hall–Kier alpha value is -2.76. The number of pyridine rings is 1. The zero-order valence-electron chi connectivity index (χ0n) is 11.9. The molecule has 1 aromatic carbocycles. The normalized spacial score (nSPS) is 20.7. The molecule has 0 saturated carbocycles. The summed E-state index contributed by atoms with van der Waals surface area (Å²) >= 11 is 0. The summed E-state index contributed by atoms with van der Waals surface area (Å²) < 4.78 is 0. The molecule has 2 aliphatic rings. The summed E-state index contributed by atoms with van der Waals surface area (Å²) in [7, 11) is 0. The van der Waals surface area contributed by atoms with Crippen LogP contribution >= 0.6 is 0 Å². The quantitative estimate of drug-likeness (QED) is 0.804. The number of aryl methyl sites for hydroxylation is 1. The molecule has 3 amide bonds. The lowest BCUT2D eigenvalue weighted by molar-refractivity contribution is -0.134. The lowest BCUT2D eigenvalue weighted by Crippen LogP contribution is -2.53. The number of nitrogens with one attached hydrogen (secondary N) is 1. The monoisotopic (exact) mass is 295 g/mol. The second-order valence-electron chi connectivity index (χ2n) is 5.68.